The molecule has 4 aromatic heterocycles. The quantitative estimate of drug-likeness (QED) is 0.345. The number of anilines is 2. The van der Waals surface area contributed by atoms with E-state index in [4.69, 9.17) is 16.5 Å². The first-order valence-corrected chi connectivity index (χ1v) is 11.2. The molecule has 4 N–H and O–H groups in total. The van der Waals surface area contributed by atoms with Crippen molar-refractivity contribution in [3.8, 4) is 22.5 Å². The van der Waals surface area contributed by atoms with E-state index in [9.17, 15) is 0 Å². The van der Waals surface area contributed by atoms with Gasteiger partial charge in [0.2, 0.25) is 5.95 Å². The Morgan fingerprint density at radius 2 is 1.90 bits per heavy atom. The van der Waals surface area contributed by atoms with E-state index in [2.05, 4.69) is 26.4 Å². The highest BCUT2D eigenvalue weighted by Gasteiger charge is 2.20. The first kappa shape index (κ1) is 19.7. The second-order valence-corrected chi connectivity index (χ2v) is 9.18. The summed E-state index contributed by atoms with van der Waals surface area (Å²) in [5, 5.41) is 0.983. The van der Waals surface area contributed by atoms with Crippen LogP contribution in [0.25, 0.3) is 32.7 Å². The van der Waals surface area contributed by atoms with E-state index in [-0.39, 0.29) is 5.95 Å². The summed E-state index contributed by atoms with van der Waals surface area (Å²) in [6, 6.07) is 2.04. The van der Waals surface area contributed by atoms with Crippen molar-refractivity contribution in [1.82, 2.24) is 24.5 Å². The monoisotopic (exact) mass is 425 g/mol. The van der Waals surface area contributed by atoms with Gasteiger partial charge in [0.05, 0.1) is 27.5 Å². The van der Waals surface area contributed by atoms with Gasteiger partial charge in [-0.1, -0.05) is 13.3 Å². The van der Waals surface area contributed by atoms with Gasteiger partial charge in [-0.15, -0.1) is 23.1 Å². The zero-order valence-corrected chi connectivity index (χ0v) is 18.3. The molecule has 4 aromatic rings. The van der Waals surface area contributed by atoms with Crippen LogP contribution in [0.1, 0.15) is 25.6 Å². The number of rotatable bonds is 6. The molecule has 150 valence electrons. The number of nitrogen functional groups attached to an aromatic ring is 2. The Bertz CT molecular complexity index is 1160. The minimum absolute atomic E-state index is 0.243. The fourth-order valence-electron chi connectivity index (χ4n) is 3.09. The van der Waals surface area contributed by atoms with Crippen LogP contribution in [0.3, 0.4) is 0 Å². The van der Waals surface area contributed by atoms with Gasteiger partial charge >= 0.3 is 0 Å². The number of fused-ring (bicyclic) bond motifs is 1. The van der Waals surface area contributed by atoms with Gasteiger partial charge in [0.1, 0.15) is 10.7 Å². The van der Waals surface area contributed by atoms with Crippen LogP contribution in [0.15, 0.2) is 28.9 Å². The number of thioether (sulfide) groups is 1. The van der Waals surface area contributed by atoms with Gasteiger partial charge in [-0.2, -0.15) is 0 Å². The van der Waals surface area contributed by atoms with Crippen molar-refractivity contribution in [2.75, 3.05) is 17.2 Å². The average molecular weight is 426 g/mol. The maximum absolute atomic E-state index is 6.60. The predicted octanol–water partition coefficient (Wildman–Crippen LogP) is 4.52. The molecular weight excluding hydrogens is 402 g/mol. The van der Waals surface area contributed by atoms with Crippen molar-refractivity contribution in [3.05, 3.63) is 30.5 Å². The zero-order valence-electron chi connectivity index (χ0n) is 16.6. The topological polar surface area (TPSA) is 109 Å². The minimum Gasteiger partial charge on any atom is -0.397 e. The molecule has 0 radical (unpaired) electrons. The Balaban J connectivity index is 1.93. The molecule has 0 fully saturated rings. The largest absolute Gasteiger partial charge is 0.397 e. The van der Waals surface area contributed by atoms with Crippen molar-refractivity contribution >= 4 is 45.0 Å². The molecule has 0 aliphatic rings. The first-order chi connectivity index (χ1) is 14.0. The lowest BCUT2D eigenvalue weighted by Crippen LogP contribution is -1.98. The lowest BCUT2D eigenvalue weighted by Gasteiger charge is -2.09. The molecular formula is C20H23N7S2. The minimum atomic E-state index is 0.243. The Morgan fingerprint density at radius 1 is 1.14 bits per heavy atom. The number of hydrogen-bond acceptors (Lipinski definition) is 8. The molecule has 4 rings (SSSR count). The molecule has 0 saturated carbocycles. The van der Waals surface area contributed by atoms with Crippen molar-refractivity contribution in [3.63, 3.8) is 0 Å². The second-order valence-electron chi connectivity index (χ2n) is 6.82. The van der Waals surface area contributed by atoms with E-state index < -0.39 is 0 Å². The van der Waals surface area contributed by atoms with Gasteiger partial charge in [-0.3, -0.25) is 0 Å². The molecule has 0 aliphatic carbocycles. The van der Waals surface area contributed by atoms with Crippen LogP contribution >= 0.6 is 23.1 Å². The lowest BCUT2D eigenvalue weighted by atomic mass is 10.1. The van der Waals surface area contributed by atoms with E-state index >= 15 is 0 Å². The summed E-state index contributed by atoms with van der Waals surface area (Å²) < 4.78 is 3.19. The zero-order chi connectivity index (χ0) is 20.5. The number of aryl methyl sites for hydroxylation is 1. The standard InChI is InChI=1S/C20H23N7S2/c1-4-5-6-28-19-17(21)16-13(15-10-23-11(2)27(15)3)7-14(26-18(16)29-19)12-8-24-20(22)25-9-12/h7-10H,4-6,21H2,1-3H3,(H2,22,24,25). The van der Waals surface area contributed by atoms with Crippen LogP contribution in [-0.2, 0) is 7.05 Å². The number of imidazole rings is 1. The summed E-state index contributed by atoms with van der Waals surface area (Å²) in [6.07, 6.45) is 7.60. The third-order valence-corrected chi connectivity index (χ3v) is 7.33. The normalized spacial score (nSPS) is 11.4. The maximum Gasteiger partial charge on any atom is 0.219 e. The fraction of sp³-hybridized carbons (Fsp3) is 0.300. The van der Waals surface area contributed by atoms with Gasteiger partial charge in [0, 0.05) is 36.0 Å². The number of nitrogens with zero attached hydrogens (tertiary/aromatic N) is 5. The maximum atomic E-state index is 6.60. The highest BCUT2D eigenvalue weighted by molar-refractivity contribution is 8.01. The number of aromatic nitrogens is 5. The van der Waals surface area contributed by atoms with Gasteiger partial charge in [0.15, 0.2) is 0 Å². The smallest absolute Gasteiger partial charge is 0.219 e. The average Bonchev–Trinajstić information content (AvgIpc) is 3.21. The molecule has 0 unspecified atom stereocenters. The van der Waals surface area contributed by atoms with Gasteiger partial charge in [-0.05, 0) is 25.2 Å². The van der Waals surface area contributed by atoms with Crippen LogP contribution in [0.2, 0.25) is 0 Å². The van der Waals surface area contributed by atoms with Crippen molar-refractivity contribution < 1.29 is 0 Å². The number of unbranched alkanes of at least 4 members (excludes halogenated alkanes) is 1. The Morgan fingerprint density at radius 3 is 2.55 bits per heavy atom. The first-order valence-electron chi connectivity index (χ1n) is 9.42. The summed E-state index contributed by atoms with van der Waals surface area (Å²) in [5.74, 6) is 2.23. The lowest BCUT2D eigenvalue weighted by molar-refractivity contribution is 0.865. The van der Waals surface area contributed by atoms with Gasteiger partial charge in [-0.25, -0.2) is 19.9 Å². The third kappa shape index (κ3) is 3.67. The molecule has 0 aromatic carbocycles. The van der Waals surface area contributed by atoms with Gasteiger partial charge in [0.25, 0.3) is 0 Å². The van der Waals surface area contributed by atoms with E-state index in [0.29, 0.717) is 0 Å². The highest BCUT2D eigenvalue weighted by atomic mass is 32.2. The molecule has 0 bridgehead atoms. The fourth-order valence-corrected chi connectivity index (χ4v) is 5.54. The Labute approximate surface area is 177 Å². The summed E-state index contributed by atoms with van der Waals surface area (Å²) in [5.41, 5.74) is 16.7. The van der Waals surface area contributed by atoms with Gasteiger partial charge < -0.3 is 16.0 Å². The van der Waals surface area contributed by atoms with Crippen LogP contribution in [0.5, 0.6) is 0 Å². The SMILES string of the molecule is CCCCSc1sc2nc(-c3cnc(N)nc3)cc(-c3cnc(C)n3C)c2c1N. The van der Waals surface area contributed by atoms with Crippen LogP contribution in [-0.4, -0.2) is 30.3 Å². The number of hydrogen-bond donors (Lipinski definition) is 2. The Hall–Kier alpha value is -2.65. The highest BCUT2D eigenvalue weighted by Crippen LogP contribution is 2.45. The summed E-state index contributed by atoms with van der Waals surface area (Å²) in [4.78, 5) is 18.5. The van der Waals surface area contributed by atoms with Crippen LogP contribution < -0.4 is 11.5 Å². The van der Waals surface area contributed by atoms with E-state index in [1.54, 1.807) is 35.5 Å². The molecule has 0 saturated heterocycles. The van der Waals surface area contributed by atoms with Crippen molar-refractivity contribution in [2.24, 2.45) is 7.05 Å². The molecule has 0 aliphatic heterocycles. The molecule has 0 amide bonds. The van der Waals surface area contributed by atoms with Crippen LogP contribution in [0.4, 0.5) is 11.6 Å². The second kappa shape index (κ2) is 8.00. The summed E-state index contributed by atoms with van der Waals surface area (Å²) >= 11 is 3.44. The summed E-state index contributed by atoms with van der Waals surface area (Å²) in [7, 11) is 2.01. The molecule has 7 nitrogen and oxygen atoms in total. The van der Waals surface area contributed by atoms with Crippen molar-refractivity contribution in [2.45, 2.75) is 30.9 Å². The summed E-state index contributed by atoms with van der Waals surface area (Å²) in [6.45, 7) is 4.18. The Kier molecular flexibility index (Phi) is 5.42. The van der Waals surface area contributed by atoms with E-state index in [1.807, 2.05) is 26.2 Å². The number of nitrogens with two attached hydrogens (primary N) is 2. The van der Waals surface area contributed by atoms with Crippen molar-refractivity contribution in [1.29, 1.82) is 0 Å². The molecule has 0 atom stereocenters. The molecule has 29 heavy (non-hydrogen) atoms. The molecule has 4 heterocycles. The predicted molar refractivity (Wildman–Crippen MR) is 122 cm³/mol. The van der Waals surface area contributed by atoms with E-state index in [1.165, 1.54) is 0 Å². The molecule has 0 spiro atoms. The number of pyridine rings is 1. The molecule has 9 heteroatoms. The number of thiophene rings is 1. The third-order valence-electron chi connectivity index (χ3n) is 4.86. The van der Waals surface area contributed by atoms with E-state index in [0.717, 1.165) is 67.0 Å². The van der Waals surface area contributed by atoms with Crippen LogP contribution in [0, 0.1) is 6.92 Å².